The summed E-state index contributed by atoms with van der Waals surface area (Å²) in [5.74, 6) is -2.04. The molecule has 2 atom stereocenters. The smallest absolute Gasteiger partial charge is 0.262 e. The molecule has 2 heterocycles. The molecule has 468 valence electrons. The summed E-state index contributed by atoms with van der Waals surface area (Å²) in [6, 6.07) is 77.8. The van der Waals surface area contributed by atoms with Gasteiger partial charge in [-0.05, 0) is 109 Å². The summed E-state index contributed by atoms with van der Waals surface area (Å²) in [5.41, 5.74) is 3.56. The van der Waals surface area contributed by atoms with Crippen LogP contribution in [-0.4, -0.2) is 67.1 Å². The number of hydrogen-bond acceptors (Lipinski definition) is 10. The Morgan fingerprint density at radius 2 is 0.490 bits per heavy atom. The van der Waals surface area contributed by atoms with E-state index in [4.69, 9.17) is 18.9 Å². The van der Waals surface area contributed by atoms with Gasteiger partial charge < -0.3 is 28.7 Å². The van der Waals surface area contributed by atoms with Crippen molar-refractivity contribution in [3.63, 3.8) is 0 Å². The molecule has 0 saturated heterocycles. The lowest BCUT2D eigenvalue weighted by molar-refractivity contribution is -0.136. The molecule has 0 aliphatic carbocycles. The summed E-state index contributed by atoms with van der Waals surface area (Å²) in [5, 5.41) is 2.33. The zero-order valence-corrected chi connectivity index (χ0v) is 52.3. The molecule has 0 aromatic heterocycles. The van der Waals surface area contributed by atoms with Gasteiger partial charge in [-0.25, -0.2) is 0 Å². The molecule has 13 aromatic carbocycles. The fraction of sp³-hybridized carbons (Fsp3) is 0.0976. The van der Waals surface area contributed by atoms with Crippen LogP contribution in [0.5, 0.6) is 46.0 Å². The van der Waals surface area contributed by atoms with Crippen molar-refractivity contribution in [1.29, 1.82) is 0 Å². The number of benzene rings is 13. The van der Waals surface area contributed by atoms with Crippen molar-refractivity contribution in [2.24, 2.45) is 0 Å². The van der Waals surface area contributed by atoms with Gasteiger partial charge in [0.15, 0.2) is 0 Å². The highest BCUT2D eigenvalue weighted by molar-refractivity contribution is 6.45. The average molecular weight is 1260 g/mol. The predicted octanol–water partition coefficient (Wildman–Crippen LogP) is 17.3. The van der Waals surface area contributed by atoms with Crippen molar-refractivity contribution in [2.45, 2.75) is 52.1 Å². The van der Waals surface area contributed by atoms with Crippen LogP contribution in [0.1, 0.15) is 77.5 Å². The highest BCUT2D eigenvalue weighted by atomic mass is 16.5. The van der Waals surface area contributed by atoms with Gasteiger partial charge in [0.05, 0.1) is 22.3 Å². The highest BCUT2D eigenvalue weighted by Crippen LogP contribution is 2.58. The van der Waals surface area contributed by atoms with Gasteiger partial charge >= 0.3 is 0 Å². The maximum absolute atomic E-state index is 16.1. The van der Waals surface area contributed by atoms with Crippen molar-refractivity contribution in [1.82, 2.24) is 19.6 Å². The molecule has 14 heteroatoms. The molecule has 14 nitrogen and oxygen atoms in total. The van der Waals surface area contributed by atoms with Crippen molar-refractivity contribution in [2.75, 3.05) is 0 Å². The van der Waals surface area contributed by atoms with Crippen LogP contribution in [-0.2, 0) is 35.8 Å². The maximum atomic E-state index is 16.1. The minimum Gasteiger partial charge on any atom is -0.457 e. The monoisotopic (exact) mass is 1260 g/mol. The number of ether oxygens (including phenoxy) is 4. The molecule has 0 radical (unpaired) electrons. The third-order valence-corrected chi connectivity index (χ3v) is 17.8. The van der Waals surface area contributed by atoms with Crippen LogP contribution < -0.4 is 18.9 Å². The van der Waals surface area contributed by atoms with E-state index in [2.05, 4.69) is 0 Å². The van der Waals surface area contributed by atoms with Crippen LogP contribution in [0.3, 0.4) is 0 Å². The van der Waals surface area contributed by atoms with Gasteiger partial charge in [0.1, 0.15) is 58.1 Å². The Bertz CT molecular complexity index is 4540. The first kappa shape index (κ1) is 59.9. The summed E-state index contributed by atoms with van der Waals surface area (Å²) in [7, 11) is 0. The van der Waals surface area contributed by atoms with E-state index in [0.717, 1.165) is 32.1 Å². The normalized spacial score (nSPS) is 13.3. The van der Waals surface area contributed by atoms with Crippen molar-refractivity contribution < 1.29 is 47.7 Å². The van der Waals surface area contributed by atoms with Gasteiger partial charge in [0.25, 0.3) is 23.6 Å². The largest absolute Gasteiger partial charge is 0.457 e. The van der Waals surface area contributed by atoms with E-state index < -0.39 is 47.5 Å². The van der Waals surface area contributed by atoms with Crippen LogP contribution in [0.15, 0.2) is 267 Å². The molecule has 2 unspecified atom stereocenters. The third kappa shape index (κ3) is 11.0. The minimum absolute atomic E-state index is 0.0393. The number of rotatable bonds is 20. The molecule has 13 aromatic rings. The maximum Gasteiger partial charge on any atom is 0.262 e. The molecule has 0 saturated carbocycles. The van der Waals surface area contributed by atoms with Crippen LogP contribution >= 0.6 is 0 Å². The Kier molecular flexibility index (Phi) is 15.7. The average Bonchev–Trinajstić information content (AvgIpc) is 0.673. The van der Waals surface area contributed by atoms with E-state index in [1.165, 1.54) is 0 Å². The number of fused-ring (bicyclic) bond motifs is 2. The predicted molar refractivity (Wildman–Crippen MR) is 368 cm³/mol. The number of nitrogens with zero attached hydrogens (tertiary/aromatic N) is 4. The first-order valence-electron chi connectivity index (χ1n) is 31.7. The van der Waals surface area contributed by atoms with E-state index in [-0.39, 0.29) is 82.2 Å². The first-order valence-corrected chi connectivity index (χ1v) is 31.7. The topological polar surface area (TPSA) is 152 Å². The van der Waals surface area contributed by atoms with Gasteiger partial charge in [-0.2, -0.15) is 0 Å². The zero-order chi connectivity index (χ0) is 65.6. The van der Waals surface area contributed by atoms with Crippen LogP contribution in [0.2, 0.25) is 0 Å². The number of amides is 6. The van der Waals surface area contributed by atoms with E-state index in [9.17, 15) is 0 Å². The molecule has 2 aliphatic rings. The van der Waals surface area contributed by atoms with E-state index in [1.54, 1.807) is 96.4 Å². The number of carbonyl (C=O) groups is 6. The van der Waals surface area contributed by atoms with E-state index in [0.29, 0.717) is 55.3 Å². The lowest BCUT2D eigenvalue weighted by Gasteiger charge is -2.36. The van der Waals surface area contributed by atoms with Gasteiger partial charge in [-0.3, -0.25) is 38.6 Å². The summed E-state index contributed by atoms with van der Waals surface area (Å²) < 4.78 is 28.4. The van der Waals surface area contributed by atoms with Crippen molar-refractivity contribution in [3.8, 4) is 46.0 Å². The summed E-state index contributed by atoms with van der Waals surface area (Å²) >= 11 is 0. The zero-order valence-electron chi connectivity index (χ0n) is 52.3. The number of carbonyl (C=O) groups excluding carboxylic acids is 6. The molecule has 0 bridgehead atoms. The molecule has 0 fully saturated rings. The second-order valence-corrected chi connectivity index (χ2v) is 24.0. The molecule has 15 rings (SSSR count). The quantitative estimate of drug-likeness (QED) is 0.0409. The fourth-order valence-electron chi connectivity index (χ4n) is 13.4. The Morgan fingerprint density at radius 1 is 0.292 bits per heavy atom. The standard InChI is InChI=1S/C82H60N4O10/c1-51(77(87)83(47-53-27-11-3-12-28-53)48-54-29-13-4-14-30-54)85-79(89)61-43-65(93-57-35-19-7-20-36-57)71-73-67(95-59-39-23-9-24-40-59)45-63-70-64(82(92)86(81(63)91)52(2)78(88)84(49-55-31-15-5-16-32-55)50-56-33-17-6-18-34-56)46-68(96-60-41-25-10-26-42-60)74(76(70)73)72-66(94-58-37-21-8-22-38-58)44-62(80(85)90)69(61)75(71)72/h3-46,51-52H,47-50H2,1-2H3. The Morgan fingerprint density at radius 3 is 0.698 bits per heavy atom. The van der Waals surface area contributed by atoms with Crippen LogP contribution in [0.25, 0.3) is 43.1 Å². The van der Waals surface area contributed by atoms with E-state index >= 15 is 28.8 Å². The Hall–Kier alpha value is -12.4. The summed E-state index contributed by atoms with van der Waals surface area (Å²) in [4.78, 5) is 101. The lowest BCUT2D eigenvalue weighted by atomic mass is 9.80. The molecule has 2 aliphatic heterocycles. The molecular formula is C82H60N4O10. The second-order valence-electron chi connectivity index (χ2n) is 24.0. The molecule has 6 amide bonds. The van der Waals surface area contributed by atoms with E-state index in [1.807, 2.05) is 194 Å². The van der Waals surface area contributed by atoms with Gasteiger partial charge in [-0.1, -0.05) is 194 Å². The van der Waals surface area contributed by atoms with Crippen LogP contribution in [0, 0.1) is 0 Å². The van der Waals surface area contributed by atoms with Gasteiger partial charge in [0, 0.05) is 69.3 Å². The molecule has 96 heavy (non-hydrogen) atoms. The minimum atomic E-state index is -1.35. The molecule has 0 N–H and O–H groups in total. The van der Waals surface area contributed by atoms with Gasteiger partial charge in [0.2, 0.25) is 11.8 Å². The fourth-order valence-corrected chi connectivity index (χ4v) is 13.4. The molecular weight excluding hydrogens is 1200 g/mol. The SMILES string of the molecule is CC(C(=O)N(Cc1ccccc1)Cc1ccccc1)N1C(=O)c2cc(Oc3ccccc3)c3c4c(Oc5ccccc5)cc5c6c(cc(Oc7ccccc7)c(c7c(Oc8ccccc8)cc(c2c37)C1=O)c64)C(=O)N(C(C)C(=O)N(Cc1ccccc1)Cc1ccccc1)C5=O. The summed E-state index contributed by atoms with van der Waals surface area (Å²) in [6.07, 6.45) is 0. The third-order valence-electron chi connectivity index (χ3n) is 17.8. The Labute approximate surface area is 552 Å². The lowest BCUT2D eigenvalue weighted by Crippen LogP contribution is -2.53. The van der Waals surface area contributed by atoms with Gasteiger partial charge in [-0.15, -0.1) is 0 Å². The second kappa shape index (κ2) is 25.2. The summed E-state index contributed by atoms with van der Waals surface area (Å²) in [6.45, 7) is 3.87. The van der Waals surface area contributed by atoms with Crippen molar-refractivity contribution in [3.05, 3.63) is 311 Å². The van der Waals surface area contributed by atoms with Crippen LogP contribution in [0.4, 0.5) is 0 Å². The number of imide groups is 2. The van der Waals surface area contributed by atoms with Crippen molar-refractivity contribution >= 4 is 78.5 Å². The highest BCUT2D eigenvalue weighted by Gasteiger charge is 2.46. The number of para-hydroxylation sites is 4. The first-order chi connectivity index (χ1) is 46.9. The Balaban J connectivity index is 1.01. The number of hydrogen-bond donors (Lipinski definition) is 0. The molecule has 0 spiro atoms.